The Labute approximate surface area is 118 Å². The van der Waals surface area contributed by atoms with Gasteiger partial charge < -0.3 is 10.1 Å². The summed E-state index contributed by atoms with van der Waals surface area (Å²) in [6.07, 6.45) is 6.70. The molecule has 2 aliphatic rings. The highest BCUT2D eigenvalue weighted by Crippen LogP contribution is 2.37. The van der Waals surface area contributed by atoms with Crippen LogP contribution in [0.3, 0.4) is 0 Å². The lowest BCUT2D eigenvalue weighted by Crippen LogP contribution is -2.39. The van der Waals surface area contributed by atoms with Crippen LogP contribution in [-0.2, 0) is 9.53 Å². The number of rotatable bonds is 4. The fraction of sp³-hybridized carbons (Fsp3) is 0.667. The first-order chi connectivity index (χ1) is 9.34. The van der Waals surface area contributed by atoms with E-state index in [1.165, 1.54) is 30.6 Å². The Morgan fingerprint density at radius 2 is 2.16 bits per heavy atom. The van der Waals surface area contributed by atoms with Gasteiger partial charge in [-0.25, -0.2) is 0 Å². The molecule has 2 heterocycles. The van der Waals surface area contributed by atoms with Gasteiger partial charge in [-0.15, -0.1) is 11.3 Å². The third-order valence-electron chi connectivity index (χ3n) is 4.24. The molecule has 2 fully saturated rings. The highest BCUT2D eigenvalue weighted by Gasteiger charge is 2.31. The number of carbonyl (C=O) groups is 1. The van der Waals surface area contributed by atoms with Crippen LogP contribution < -0.4 is 5.32 Å². The first-order valence-corrected chi connectivity index (χ1v) is 8.18. The van der Waals surface area contributed by atoms with Crippen molar-refractivity contribution in [2.24, 2.45) is 5.92 Å². The third-order valence-corrected chi connectivity index (χ3v) is 5.20. The van der Waals surface area contributed by atoms with Gasteiger partial charge in [-0.3, -0.25) is 4.79 Å². The number of thiophene rings is 1. The second kappa shape index (κ2) is 6.06. The largest absolute Gasteiger partial charge is 0.368 e. The third kappa shape index (κ3) is 3.00. The molecule has 1 aliphatic carbocycles. The highest BCUT2D eigenvalue weighted by molar-refractivity contribution is 7.10. The van der Waals surface area contributed by atoms with Crippen LogP contribution in [0.15, 0.2) is 17.5 Å². The van der Waals surface area contributed by atoms with Gasteiger partial charge in [0.05, 0.1) is 6.04 Å². The SMILES string of the molecule is O=C(N[C@@H](c1cccs1)C1CCCC1)[C@@H]1CCCO1. The predicted octanol–water partition coefficient (Wildman–Crippen LogP) is 3.27. The van der Waals surface area contributed by atoms with Crippen LogP contribution >= 0.6 is 11.3 Å². The average Bonchev–Trinajstić information content (AvgIpc) is 3.17. The maximum atomic E-state index is 12.3. The van der Waals surface area contributed by atoms with E-state index >= 15 is 0 Å². The normalized spacial score (nSPS) is 25.6. The van der Waals surface area contributed by atoms with Crippen LogP contribution in [0, 0.1) is 5.92 Å². The molecule has 0 unspecified atom stereocenters. The van der Waals surface area contributed by atoms with Crippen molar-refractivity contribution < 1.29 is 9.53 Å². The van der Waals surface area contributed by atoms with Crippen molar-refractivity contribution in [1.82, 2.24) is 5.32 Å². The molecular formula is C15H21NO2S. The summed E-state index contributed by atoms with van der Waals surface area (Å²) in [7, 11) is 0. The predicted molar refractivity (Wildman–Crippen MR) is 76.1 cm³/mol. The molecule has 0 bridgehead atoms. The summed E-state index contributed by atoms with van der Waals surface area (Å²) in [5.41, 5.74) is 0. The molecule has 2 atom stereocenters. The molecule has 1 saturated heterocycles. The number of carbonyl (C=O) groups excluding carboxylic acids is 1. The van der Waals surface area contributed by atoms with E-state index < -0.39 is 0 Å². The molecule has 1 aromatic heterocycles. The standard InChI is InChI=1S/C15H21NO2S/c17-15(12-7-3-9-18-12)16-14(11-5-1-2-6-11)13-8-4-10-19-13/h4,8,10-12,14H,1-3,5-7,9H2,(H,16,17)/t12-,14+/m0/s1. The Morgan fingerprint density at radius 3 is 2.79 bits per heavy atom. The summed E-state index contributed by atoms with van der Waals surface area (Å²) in [5, 5.41) is 5.34. The van der Waals surface area contributed by atoms with Crippen molar-refractivity contribution >= 4 is 17.2 Å². The smallest absolute Gasteiger partial charge is 0.249 e. The molecule has 4 heteroatoms. The zero-order valence-electron chi connectivity index (χ0n) is 11.1. The lowest BCUT2D eigenvalue weighted by molar-refractivity contribution is -0.131. The van der Waals surface area contributed by atoms with Gasteiger partial charge in [0.1, 0.15) is 6.10 Å². The quantitative estimate of drug-likeness (QED) is 0.918. The zero-order valence-corrected chi connectivity index (χ0v) is 12.0. The molecule has 19 heavy (non-hydrogen) atoms. The van der Waals surface area contributed by atoms with Gasteiger partial charge in [0.15, 0.2) is 0 Å². The Bertz CT molecular complexity index is 406. The highest BCUT2D eigenvalue weighted by atomic mass is 32.1. The minimum atomic E-state index is -0.219. The molecule has 0 aromatic carbocycles. The van der Waals surface area contributed by atoms with Crippen LogP contribution in [-0.4, -0.2) is 18.6 Å². The number of amides is 1. The first-order valence-electron chi connectivity index (χ1n) is 7.30. The molecule has 0 spiro atoms. The van der Waals surface area contributed by atoms with Crippen molar-refractivity contribution in [3.8, 4) is 0 Å². The monoisotopic (exact) mass is 279 g/mol. The summed E-state index contributed by atoms with van der Waals surface area (Å²) in [6.45, 7) is 0.727. The van der Waals surface area contributed by atoms with Crippen LogP contribution in [0.5, 0.6) is 0 Å². The van der Waals surface area contributed by atoms with Gasteiger partial charge in [-0.2, -0.15) is 0 Å². The van der Waals surface area contributed by atoms with Crippen molar-refractivity contribution in [2.45, 2.75) is 50.7 Å². The number of hydrogen-bond acceptors (Lipinski definition) is 3. The topological polar surface area (TPSA) is 38.3 Å². The Kier molecular flexibility index (Phi) is 4.18. The van der Waals surface area contributed by atoms with Crippen LogP contribution in [0.25, 0.3) is 0 Å². The van der Waals surface area contributed by atoms with E-state index in [0.717, 1.165) is 19.4 Å². The molecule has 3 rings (SSSR count). The van der Waals surface area contributed by atoms with Gasteiger partial charge in [0.2, 0.25) is 5.91 Å². The molecule has 1 saturated carbocycles. The van der Waals surface area contributed by atoms with Gasteiger partial charge in [-0.1, -0.05) is 18.9 Å². The fourth-order valence-corrected chi connectivity index (χ4v) is 4.08. The van der Waals surface area contributed by atoms with Crippen LogP contribution in [0.1, 0.15) is 49.4 Å². The first kappa shape index (κ1) is 13.1. The number of ether oxygens (including phenoxy) is 1. The maximum absolute atomic E-state index is 12.3. The van der Waals surface area contributed by atoms with E-state index in [4.69, 9.17) is 4.74 Å². The van der Waals surface area contributed by atoms with Crippen molar-refractivity contribution in [3.05, 3.63) is 22.4 Å². The molecular weight excluding hydrogens is 258 g/mol. The van der Waals surface area contributed by atoms with E-state index in [-0.39, 0.29) is 18.1 Å². The fourth-order valence-electron chi connectivity index (χ4n) is 3.21. The number of nitrogens with one attached hydrogen (secondary N) is 1. The van der Waals surface area contributed by atoms with Crippen molar-refractivity contribution in [2.75, 3.05) is 6.61 Å². The van der Waals surface area contributed by atoms with Crippen LogP contribution in [0.2, 0.25) is 0 Å². The lowest BCUT2D eigenvalue weighted by Gasteiger charge is -2.25. The average molecular weight is 279 g/mol. The summed E-state index contributed by atoms with van der Waals surface area (Å²) in [4.78, 5) is 13.6. The minimum absolute atomic E-state index is 0.0859. The molecule has 3 nitrogen and oxygen atoms in total. The second-order valence-electron chi connectivity index (χ2n) is 5.55. The van der Waals surface area contributed by atoms with Gasteiger partial charge in [-0.05, 0) is 43.0 Å². The van der Waals surface area contributed by atoms with Crippen molar-refractivity contribution in [1.29, 1.82) is 0 Å². The second-order valence-corrected chi connectivity index (χ2v) is 6.53. The Balaban J connectivity index is 1.69. The van der Waals surface area contributed by atoms with E-state index in [0.29, 0.717) is 5.92 Å². The summed E-state index contributed by atoms with van der Waals surface area (Å²) in [5.74, 6) is 0.687. The molecule has 1 aromatic rings. The summed E-state index contributed by atoms with van der Waals surface area (Å²) < 4.78 is 5.49. The zero-order chi connectivity index (χ0) is 13.1. The molecule has 0 radical (unpaired) electrons. The molecule has 1 N–H and O–H groups in total. The lowest BCUT2D eigenvalue weighted by atomic mass is 9.96. The minimum Gasteiger partial charge on any atom is -0.368 e. The maximum Gasteiger partial charge on any atom is 0.249 e. The van der Waals surface area contributed by atoms with Crippen LogP contribution in [0.4, 0.5) is 0 Å². The Hall–Kier alpha value is -0.870. The molecule has 1 aliphatic heterocycles. The van der Waals surface area contributed by atoms with Gasteiger partial charge >= 0.3 is 0 Å². The van der Waals surface area contributed by atoms with E-state index in [1.807, 2.05) is 0 Å². The van der Waals surface area contributed by atoms with E-state index in [2.05, 4.69) is 22.8 Å². The summed E-state index contributed by atoms with van der Waals surface area (Å²) in [6, 6.07) is 4.41. The molecule has 1 amide bonds. The van der Waals surface area contributed by atoms with Gasteiger partial charge in [0, 0.05) is 11.5 Å². The molecule has 104 valence electrons. The van der Waals surface area contributed by atoms with Gasteiger partial charge in [0.25, 0.3) is 0 Å². The number of hydrogen-bond donors (Lipinski definition) is 1. The van der Waals surface area contributed by atoms with E-state index in [9.17, 15) is 4.79 Å². The van der Waals surface area contributed by atoms with E-state index in [1.54, 1.807) is 11.3 Å². The Morgan fingerprint density at radius 1 is 1.32 bits per heavy atom. The summed E-state index contributed by atoms with van der Waals surface area (Å²) >= 11 is 1.75. The van der Waals surface area contributed by atoms with Crippen molar-refractivity contribution in [3.63, 3.8) is 0 Å².